The van der Waals surface area contributed by atoms with Gasteiger partial charge in [0.05, 0.1) is 0 Å². The first-order valence-electron chi connectivity index (χ1n) is 11.6. The number of benzene rings is 3. The predicted octanol–water partition coefficient (Wildman–Crippen LogP) is 3.61. The first-order chi connectivity index (χ1) is 16.9. The molecule has 3 N–H and O–H groups in total. The molecule has 35 heavy (non-hydrogen) atoms. The van der Waals surface area contributed by atoms with Crippen LogP contribution >= 0.6 is 0 Å². The largest absolute Gasteiger partial charge is 0.481 e. The maximum atomic E-state index is 12.9. The summed E-state index contributed by atoms with van der Waals surface area (Å²) in [6.45, 7) is 0.402. The summed E-state index contributed by atoms with van der Waals surface area (Å²) in [7, 11) is 0. The van der Waals surface area contributed by atoms with Crippen LogP contribution in [0, 0.1) is 0 Å². The number of carboxylic acid groups (broad SMARTS) is 1. The van der Waals surface area contributed by atoms with E-state index in [-0.39, 0.29) is 24.2 Å². The maximum absolute atomic E-state index is 12.9. The van der Waals surface area contributed by atoms with Gasteiger partial charge >= 0.3 is 5.97 Å². The molecule has 0 fully saturated rings. The SMILES string of the molecule is O=C(O)CC[C@H](NC(=O)c1ccc2c(c1)C(=O)c1ccccc1-2)C(=O)NCCCc1ccccc1. The Morgan fingerprint density at radius 3 is 2.26 bits per heavy atom. The fraction of sp³-hybridized carbons (Fsp3) is 0.214. The number of ketones is 1. The first kappa shape index (κ1) is 23.9. The molecule has 0 saturated heterocycles. The van der Waals surface area contributed by atoms with E-state index in [1.165, 1.54) is 6.07 Å². The zero-order valence-corrected chi connectivity index (χ0v) is 19.1. The molecule has 0 saturated carbocycles. The standard InChI is InChI=1S/C28H26N2O5/c31-25(32)15-14-24(28(35)29-16-6-9-18-7-2-1-3-8-18)30-27(34)19-12-13-21-20-10-4-5-11-22(20)26(33)23(21)17-19/h1-5,7-8,10-13,17,24H,6,9,14-16H2,(H,29,35)(H,30,34)(H,31,32)/t24-/m0/s1. The predicted molar refractivity (Wildman–Crippen MR) is 131 cm³/mol. The Bertz CT molecular complexity index is 1270. The van der Waals surface area contributed by atoms with Crippen LogP contribution in [0.3, 0.4) is 0 Å². The van der Waals surface area contributed by atoms with Gasteiger partial charge in [-0.05, 0) is 48.1 Å². The zero-order valence-electron chi connectivity index (χ0n) is 19.1. The summed E-state index contributed by atoms with van der Waals surface area (Å²) in [5.74, 6) is -2.17. The Morgan fingerprint density at radius 1 is 0.829 bits per heavy atom. The van der Waals surface area contributed by atoms with Gasteiger partial charge in [-0.3, -0.25) is 19.2 Å². The molecule has 1 aliphatic rings. The molecule has 0 radical (unpaired) electrons. The molecule has 0 aromatic heterocycles. The van der Waals surface area contributed by atoms with Gasteiger partial charge in [-0.1, -0.05) is 60.7 Å². The molecule has 7 heteroatoms. The number of amides is 2. The van der Waals surface area contributed by atoms with Crippen LogP contribution in [-0.2, 0) is 16.0 Å². The lowest BCUT2D eigenvalue weighted by Crippen LogP contribution is -2.47. The summed E-state index contributed by atoms with van der Waals surface area (Å²) in [6.07, 6.45) is 1.20. The molecule has 4 rings (SSSR count). The summed E-state index contributed by atoms with van der Waals surface area (Å²) in [5.41, 5.74) is 4.02. The van der Waals surface area contributed by atoms with Crippen molar-refractivity contribution in [2.45, 2.75) is 31.7 Å². The van der Waals surface area contributed by atoms with Gasteiger partial charge in [-0.25, -0.2) is 0 Å². The van der Waals surface area contributed by atoms with Gasteiger partial charge in [-0.2, -0.15) is 0 Å². The molecule has 3 aromatic carbocycles. The van der Waals surface area contributed by atoms with Crippen LogP contribution in [0.25, 0.3) is 11.1 Å². The minimum absolute atomic E-state index is 0.0408. The van der Waals surface area contributed by atoms with Crippen molar-refractivity contribution in [2.24, 2.45) is 0 Å². The van der Waals surface area contributed by atoms with Gasteiger partial charge in [0.2, 0.25) is 5.91 Å². The number of hydrogen-bond acceptors (Lipinski definition) is 4. The molecule has 0 unspecified atom stereocenters. The molecule has 1 aliphatic carbocycles. The average Bonchev–Trinajstić information content (AvgIpc) is 3.16. The summed E-state index contributed by atoms with van der Waals surface area (Å²) in [5, 5.41) is 14.5. The second kappa shape index (κ2) is 10.8. The number of aliphatic carboxylic acids is 1. The number of aryl methyl sites for hydroxylation is 1. The van der Waals surface area contributed by atoms with E-state index in [9.17, 15) is 19.2 Å². The highest BCUT2D eigenvalue weighted by Crippen LogP contribution is 2.36. The number of hydrogen-bond donors (Lipinski definition) is 3. The number of carboxylic acids is 1. The molecule has 3 aromatic rings. The highest BCUT2D eigenvalue weighted by atomic mass is 16.4. The van der Waals surface area contributed by atoms with Crippen LogP contribution in [0.15, 0.2) is 72.8 Å². The summed E-state index contributed by atoms with van der Waals surface area (Å²) in [4.78, 5) is 49.5. The molecule has 7 nitrogen and oxygen atoms in total. The number of fused-ring (bicyclic) bond motifs is 3. The van der Waals surface area contributed by atoms with E-state index in [1.54, 1.807) is 24.3 Å². The van der Waals surface area contributed by atoms with Crippen molar-refractivity contribution < 1.29 is 24.3 Å². The second-order valence-electron chi connectivity index (χ2n) is 8.47. The lowest BCUT2D eigenvalue weighted by molar-refractivity contribution is -0.137. The third kappa shape index (κ3) is 5.63. The average molecular weight is 471 g/mol. The van der Waals surface area contributed by atoms with Crippen molar-refractivity contribution in [1.29, 1.82) is 0 Å². The summed E-state index contributed by atoms with van der Waals surface area (Å²) < 4.78 is 0. The molecule has 0 aliphatic heterocycles. The molecular formula is C28H26N2O5. The second-order valence-corrected chi connectivity index (χ2v) is 8.47. The summed E-state index contributed by atoms with van der Waals surface area (Å²) in [6, 6.07) is 21.0. The topological polar surface area (TPSA) is 113 Å². The van der Waals surface area contributed by atoms with E-state index in [0.717, 1.165) is 23.1 Å². The van der Waals surface area contributed by atoms with E-state index in [1.807, 2.05) is 42.5 Å². The van der Waals surface area contributed by atoms with E-state index in [4.69, 9.17) is 5.11 Å². The maximum Gasteiger partial charge on any atom is 0.303 e. The normalized spacial score (nSPS) is 12.4. The van der Waals surface area contributed by atoms with Crippen molar-refractivity contribution in [3.63, 3.8) is 0 Å². The Morgan fingerprint density at radius 2 is 1.51 bits per heavy atom. The fourth-order valence-electron chi connectivity index (χ4n) is 4.22. The zero-order chi connectivity index (χ0) is 24.8. The monoisotopic (exact) mass is 470 g/mol. The smallest absolute Gasteiger partial charge is 0.303 e. The number of carbonyl (C=O) groups is 4. The minimum Gasteiger partial charge on any atom is -0.481 e. The van der Waals surface area contributed by atoms with Gasteiger partial charge < -0.3 is 15.7 Å². The van der Waals surface area contributed by atoms with E-state index < -0.39 is 23.8 Å². The van der Waals surface area contributed by atoms with Crippen LogP contribution in [0.5, 0.6) is 0 Å². The fourth-order valence-corrected chi connectivity index (χ4v) is 4.22. The minimum atomic E-state index is -1.05. The molecule has 0 heterocycles. The molecule has 2 amide bonds. The number of nitrogens with one attached hydrogen (secondary N) is 2. The molecular weight excluding hydrogens is 444 g/mol. The quantitative estimate of drug-likeness (QED) is 0.307. The Hall–Kier alpha value is -4.26. The van der Waals surface area contributed by atoms with E-state index in [2.05, 4.69) is 10.6 Å². The van der Waals surface area contributed by atoms with Crippen molar-refractivity contribution in [1.82, 2.24) is 10.6 Å². The van der Waals surface area contributed by atoms with Crippen molar-refractivity contribution >= 4 is 23.6 Å². The Labute approximate surface area is 203 Å². The highest BCUT2D eigenvalue weighted by molar-refractivity contribution is 6.22. The van der Waals surface area contributed by atoms with Crippen molar-refractivity contribution in [3.8, 4) is 11.1 Å². The van der Waals surface area contributed by atoms with Crippen molar-refractivity contribution in [2.75, 3.05) is 6.54 Å². The van der Waals surface area contributed by atoms with Crippen LogP contribution in [0.1, 0.15) is 51.1 Å². The third-order valence-corrected chi connectivity index (χ3v) is 6.04. The third-order valence-electron chi connectivity index (χ3n) is 6.04. The lowest BCUT2D eigenvalue weighted by atomic mass is 10.0. The highest BCUT2D eigenvalue weighted by Gasteiger charge is 2.28. The van der Waals surface area contributed by atoms with Crippen LogP contribution in [0.4, 0.5) is 0 Å². The molecule has 178 valence electrons. The van der Waals surface area contributed by atoms with Gasteiger partial charge in [0.1, 0.15) is 6.04 Å². The van der Waals surface area contributed by atoms with Crippen LogP contribution < -0.4 is 10.6 Å². The van der Waals surface area contributed by atoms with Crippen molar-refractivity contribution in [3.05, 3.63) is 95.1 Å². The van der Waals surface area contributed by atoms with Gasteiger partial charge in [-0.15, -0.1) is 0 Å². The van der Waals surface area contributed by atoms with Gasteiger partial charge in [0, 0.05) is 29.7 Å². The van der Waals surface area contributed by atoms with E-state index in [0.29, 0.717) is 24.1 Å². The molecule has 1 atom stereocenters. The summed E-state index contributed by atoms with van der Waals surface area (Å²) >= 11 is 0. The number of rotatable bonds is 10. The van der Waals surface area contributed by atoms with Gasteiger partial charge in [0.15, 0.2) is 5.78 Å². The number of carbonyl (C=O) groups excluding carboxylic acids is 3. The lowest BCUT2D eigenvalue weighted by Gasteiger charge is -2.18. The first-order valence-corrected chi connectivity index (χ1v) is 11.6. The Kier molecular flexibility index (Phi) is 7.35. The van der Waals surface area contributed by atoms with Crippen LogP contribution in [-0.4, -0.2) is 41.3 Å². The Balaban J connectivity index is 1.40. The molecule has 0 bridgehead atoms. The van der Waals surface area contributed by atoms with Gasteiger partial charge in [0.25, 0.3) is 5.91 Å². The van der Waals surface area contributed by atoms with Crippen LogP contribution in [0.2, 0.25) is 0 Å². The molecule has 0 spiro atoms. The van der Waals surface area contributed by atoms with E-state index >= 15 is 0 Å².